The molecule has 1 heterocycles. The van der Waals surface area contributed by atoms with E-state index in [2.05, 4.69) is 10.3 Å². The lowest BCUT2D eigenvalue weighted by molar-refractivity contribution is -0.128. The number of thioether (sulfide) groups is 1. The molecule has 28 heavy (non-hydrogen) atoms. The number of benzene rings is 2. The van der Waals surface area contributed by atoms with Gasteiger partial charge in [0, 0.05) is 18.7 Å². The fraction of sp³-hybridized carbons (Fsp3) is 0.250. The summed E-state index contributed by atoms with van der Waals surface area (Å²) < 4.78 is 13.4. The molecule has 0 aliphatic carbocycles. The summed E-state index contributed by atoms with van der Waals surface area (Å²) in [6.07, 6.45) is 0.792. The molecule has 0 saturated carbocycles. The van der Waals surface area contributed by atoms with Crippen LogP contribution in [0, 0.1) is 5.82 Å². The minimum absolute atomic E-state index is 0.0306. The number of carbonyl (C=O) groups excluding carboxylic acids is 2. The van der Waals surface area contributed by atoms with Crippen LogP contribution < -0.4 is 5.32 Å². The molecule has 1 fully saturated rings. The second kappa shape index (κ2) is 9.21. The molecule has 0 unspecified atom stereocenters. The van der Waals surface area contributed by atoms with Gasteiger partial charge in [-0.3, -0.25) is 14.5 Å². The van der Waals surface area contributed by atoms with E-state index in [1.54, 1.807) is 17.0 Å². The molecule has 0 aromatic heterocycles. The maximum absolute atomic E-state index is 13.4. The molecule has 1 N–H and O–H groups in total. The summed E-state index contributed by atoms with van der Waals surface area (Å²) in [6, 6.07) is 13.2. The molecular weight excluding hydrogens is 401 g/mol. The van der Waals surface area contributed by atoms with Crippen molar-refractivity contribution < 1.29 is 14.0 Å². The molecule has 3 rings (SSSR count). The van der Waals surface area contributed by atoms with E-state index in [1.807, 2.05) is 25.1 Å². The van der Waals surface area contributed by atoms with Crippen LogP contribution >= 0.6 is 23.4 Å². The van der Waals surface area contributed by atoms with Crippen molar-refractivity contribution in [3.8, 4) is 0 Å². The maximum atomic E-state index is 13.4. The van der Waals surface area contributed by atoms with Crippen molar-refractivity contribution in [2.75, 3.05) is 11.9 Å². The number of rotatable bonds is 6. The molecule has 1 aliphatic rings. The third kappa shape index (κ3) is 4.91. The second-order valence-electron chi connectivity index (χ2n) is 6.21. The fourth-order valence-electron chi connectivity index (χ4n) is 2.72. The molecule has 1 atom stereocenters. The standard InChI is InChI=1S/C20H19ClFN3O2S/c1-2-10-25-19(27)17(12-18(26)23-13-6-4-3-5-7-13)28-20(25)24-14-8-9-16(22)15(21)11-14/h3-9,11,17H,2,10,12H2,1H3,(H,23,26)/t17-/m1/s1. The molecular formula is C20H19ClFN3O2S. The van der Waals surface area contributed by atoms with Gasteiger partial charge >= 0.3 is 0 Å². The largest absolute Gasteiger partial charge is 0.326 e. The van der Waals surface area contributed by atoms with E-state index >= 15 is 0 Å². The Kier molecular flexibility index (Phi) is 6.70. The summed E-state index contributed by atoms with van der Waals surface area (Å²) in [5, 5.41) is 2.70. The first-order chi connectivity index (χ1) is 13.5. The average Bonchev–Trinajstić information content (AvgIpc) is 2.94. The van der Waals surface area contributed by atoms with Crippen molar-refractivity contribution in [3.05, 3.63) is 59.4 Å². The van der Waals surface area contributed by atoms with Gasteiger partial charge in [0.25, 0.3) is 0 Å². The lowest BCUT2D eigenvalue weighted by atomic mass is 10.2. The lowest BCUT2D eigenvalue weighted by Crippen LogP contribution is -2.34. The second-order valence-corrected chi connectivity index (χ2v) is 7.78. The number of para-hydroxylation sites is 1. The number of carbonyl (C=O) groups is 2. The van der Waals surface area contributed by atoms with Gasteiger partial charge in [0.2, 0.25) is 11.8 Å². The van der Waals surface area contributed by atoms with Crippen molar-refractivity contribution in [2.45, 2.75) is 25.0 Å². The van der Waals surface area contributed by atoms with E-state index in [9.17, 15) is 14.0 Å². The Morgan fingerprint density at radius 2 is 2.04 bits per heavy atom. The third-order valence-electron chi connectivity index (χ3n) is 4.02. The van der Waals surface area contributed by atoms with Gasteiger partial charge in [0.05, 0.1) is 10.7 Å². The van der Waals surface area contributed by atoms with E-state index in [0.29, 0.717) is 23.1 Å². The number of anilines is 1. The first kappa shape index (κ1) is 20.4. The molecule has 0 bridgehead atoms. The van der Waals surface area contributed by atoms with Crippen LogP contribution in [-0.4, -0.2) is 33.7 Å². The molecule has 8 heteroatoms. The highest BCUT2D eigenvalue weighted by Crippen LogP contribution is 2.32. The summed E-state index contributed by atoms with van der Waals surface area (Å²) >= 11 is 7.05. The molecule has 146 valence electrons. The fourth-order valence-corrected chi connectivity index (χ4v) is 4.08. The topological polar surface area (TPSA) is 61.8 Å². The molecule has 1 saturated heterocycles. The number of halogens is 2. The zero-order chi connectivity index (χ0) is 20.1. The molecule has 0 spiro atoms. The predicted molar refractivity (Wildman–Crippen MR) is 112 cm³/mol. The van der Waals surface area contributed by atoms with Crippen LogP contribution in [0.3, 0.4) is 0 Å². The Hall–Kier alpha value is -2.38. The first-order valence-electron chi connectivity index (χ1n) is 8.84. The minimum atomic E-state index is -0.551. The van der Waals surface area contributed by atoms with Crippen LogP contribution in [0.5, 0.6) is 0 Å². The van der Waals surface area contributed by atoms with Crippen LogP contribution in [0.15, 0.2) is 53.5 Å². The molecule has 2 aromatic carbocycles. The van der Waals surface area contributed by atoms with E-state index in [1.165, 1.54) is 30.0 Å². The van der Waals surface area contributed by atoms with Gasteiger partial charge in [-0.2, -0.15) is 0 Å². The Morgan fingerprint density at radius 1 is 1.29 bits per heavy atom. The quantitative estimate of drug-likeness (QED) is 0.728. The number of amides is 2. The third-order valence-corrected chi connectivity index (χ3v) is 5.49. The van der Waals surface area contributed by atoms with E-state index in [4.69, 9.17) is 11.6 Å². The number of hydrogen-bond donors (Lipinski definition) is 1. The number of nitrogens with one attached hydrogen (secondary N) is 1. The SMILES string of the molecule is CCCN1C(=O)[C@@H](CC(=O)Nc2ccccc2)SC1=Nc1ccc(F)c(Cl)c1. The molecule has 2 amide bonds. The summed E-state index contributed by atoms with van der Waals surface area (Å²) in [5.41, 5.74) is 1.14. The van der Waals surface area contributed by atoms with E-state index in [0.717, 1.165) is 6.42 Å². The summed E-state index contributed by atoms with van der Waals surface area (Å²) in [7, 11) is 0. The van der Waals surface area contributed by atoms with Gasteiger partial charge in [-0.1, -0.05) is 48.5 Å². The van der Waals surface area contributed by atoms with Crippen LogP contribution in [0.1, 0.15) is 19.8 Å². The van der Waals surface area contributed by atoms with Gasteiger partial charge < -0.3 is 5.32 Å². The minimum Gasteiger partial charge on any atom is -0.326 e. The highest BCUT2D eigenvalue weighted by molar-refractivity contribution is 8.15. The Labute approximate surface area is 172 Å². The summed E-state index contributed by atoms with van der Waals surface area (Å²) in [6.45, 7) is 2.45. The van der Waals surface area contributed by atoms with Crippen molar-refractivity contribution in [3.63, 3.8) is 0 Å². The summed E-state index contributed by atoms with van der Waals surface area (Å²) in [5.74, 6) is -0.914. The lowest BCUT2D eigenvalue weighted by Gasteiger charge is -2.15. The number of hydrogen-bond acceptors (Lipinski definition) is 4. The normalized spacial score (nSPS) is 18.0. The van der Waals surface area contributed by atoms with Gasteiger partial charge in [-0.15, -0.1) is 0 Å². The highest BCUT2D eigenvalue weighted by Gasteiger charge is 2.38. The number of nitrogens with zero attached hydrogens (tertiary/aromatic N) is 2. The van der Waals surface area contributed by atoms with Crippen LogP contribution in [-0.2, 0) is 9.59 Å². The van der Waals surface area contributed by atoms with Gasteiger partial charge in [-0.05, 0) is 36.8 Å². The zero-order valence-electron chi connectivity index (χ0n) is 15.2. The Bertz CT molecular complexity index is 908. The van der Waals surface area contributed by atoms with Crippen molar-refractivity contribution in [1.29, 1.82) is 0 Å². The monoisotopic (exact) mass is 419 g/mol. The Morgan fingerprint density at radius 3 is 2.71 bits per heavy atom. The van der Waals surface area contributed by atoms with Crippen LogP contribution in [0.4, 0.5) is 15.8 Å². The first-order valence-corrected chi connectivity index (χ1v) is 10.1. The van der Waals surface area contributed by atoms with E-state index in [-0.39, 0.29) is 23.3 Å². The van der Waals surface area contributed by atoms with Crippen molar-refractivity contribution in [2.24, 2.45) is 4.99 Å². The van der Waals surface area contributed by atoms with E-state index < -0.39 is 11.1 Å². The number of amidine groups is 1. The number of aliphatic imine (C=N–C) groups is 1. The maximum Gasteiger partial charge on any atom is 0.242 e. The molecule has 0 radical (unpaired) electrons. The van der Waals surface area contributed by atoms with Crippen LogP contribution in [0.2, 0.25) is 5.02 Å². The van der Waals surface area contributed by atoms with Gasteiger partial charge in [0.15, 0.2) is 5.17 Å². The summed E-state index contributed by atoms with van der Waals surface area (Å²) in [4.78, 5) is 31.1. The molecule has 5 nitrogen and oxygen atoms in total. The van der Waals surface area contributed by atoms with Gasteiger partial charge in [-0.25, -0.2) is 9.38 Å². The Balaban J connectivity index is 1.75. The molecule has 2 aromatic rings. The predicted octanol–water partition coefficient (Wildman–Crippen LogP) is 4.85. The van der Waals surface area contributed by atoms with Gasteiger partial charge in [0.1, 0.15) is 11.1 Å². The zero-order valence-corrected chi connectivity index (χ0v) is 16.8. The average molecular weight is 420 g/mol. The van der Waals surface area contributed by atoms with Crippen LogP contribution in [0.25, 0.3) is 0 Å². The highest BCUT2D eigenvalue weighted by atomic mass is 35.5. The molecule has 1 aliphatic heterocycles. The van der Waals surface area contributed by atoms with Crippen molar-refractivity contribution >= 4 is 51.7 Å². The smallest absolute Gasteiger partial charge is 0.242 e. The van der Waals surface area contributed by atoms with Crippen molar-refractivity contribution in [1.82, 2.24) is 4.90 Å².